The molecule has 0 spiro atoms. The van der Waals surface area contributed by atoms with Crippen LogP contribution in [0.3, 0.4) is 0 Å². The average molecular weight is 572 g/mol. The smallest absolute Gasteiger partial charge is 0.431 e. The number of nitrogens with one attached hydrogen (secondary N) is 1. The molecule has 2 amide bonds. The molecule has 3 N–H and O–H groups in total. The van der Waals surface area contributed by atoms with Gasteiger partial charge in [0.25, 0.3) is 5.91 Å². The number of rotatable bonds is 9. The van der Waals surface area contributed by atoms with E-state index in [1.807, 2.05) is 0 Å². The van der Waals surface area contributed by atoms with Crippen LogP contribution in [-0.4, -0.2) is 75.8 Å². The van der Waals surface area contributed by atoms with Crippen molar-refractivity contribution in [3.8, 4) is 0 Å². The number of carbonyl (C=O) groups is 6. The molecular weight excluding hydrogens is 546 g/mol. The lowest BCUT2D eigenvalue weighted by Gasteiger charge is -2.49. The van der Waals surface area contributed by atoms with Crippen LogP contribution in [0.2, 0.25) is 0 Å². The lowest BCUT2D eigenvalue weighted by Crippen LogP contribution is -2.70. The Labute approximate surface area is 223 Å². The molecule has 1 fully saturated rings. The molecule has 3 heterocycles. The van der Waals surface area contributed by atoms with Crippen LogP contribution in [0.25, 0.3) is 0 Å². The molecule has 17 heteroatoms. The highest BCUT2D eigenvalue weighted by Crippen LogP contribution is 2.40. The summed E-state index contributed by atoms with van der Waals surface area (Å²) in [6.07, 6.45) is -2.67. The molecule has 0 aromatic heterocycles. The number of thioether (sulfide) groups is 1. The van der Waals surface area contributed by atoms with Crippen LogP contribution in [0, 0.1) is 0 Å². The topological polar surface area (TPSA) is 205 Å². The van der Waals surface area contributed by atoms with Crippen LogP contribution in [0.4, 0.5) is 4.79 Å². The number of esters is 1. The van der Waals surface area contributed by atoms with E-state index in [0.717, 1.165) is 4.90 Å². The first-order valence-electron chi connectivity index (χ1n) is 11.1. The fourth-order valence-electron chi connectivity index (χ4n) is 3.34. The number of nitrogens with zero attached hydrogens (tertiary/aromatic N) is 3. The van der Waals surface area contributed by atoms with E-state index in [9.17, 15) is 28.8 Å². The Morgan fingerprint density at radius 3 is 2.63 bits per heavy atom. The van der Waals surface area contributed by atoms with Crippen LogP contribution in [0.5, 0.6) is 0 Å². The highest BCUT2D eigenvalue weighted by Gasteiger charge is 2.54. The molecule has 0 aromatic rings. The number of aldehydes is 1. The third-order valence-electron chi connectivity index (χ3n) is 4.82. The Kier molecular flexibility index (Phi) is 9.26. The highest BCUT2D eigenvalue weighted by atomic mass is 32.2. The Balaban J connectivity index is 1.63. The maximum Gasteiger partial charge on any atom is 0.511 e. The molecule has 0 aliphatic carbocycles. The van der Waals surface area contributed by atoms with Crippen LogP contribution >= 0.6 is 11.8 Å². The first-order valence-corrected chi connectivity index (χ1v) is 13.4. The van der Waals surface area contributed by atoms with Gasteiger partial charge in [-0.05, 0) is 18.4 Å². The van der Waals surface area contributed by atoms with Gasteiger partial charge in [-0.3, -0.25) is 19.3 Å². The number of hydrogen-bond donors (Lipinski definition) is 2. The first kappa shape index (κ1) is 28.8. The fourth-order valence-corrected chi connectivity index (χ4v) is 5.66. The Hall–Kier alpha value is -3.73. The second-order valence-corrected chi connectivity index (χ2v) is 10.7. The van der Waals surface area contributed by atoms with E-state index in [1.54, 1.807) is 13.8 Å². The molecule has 3 rings (SSSR count). The van der Waals surface area contributed by atoms with Crippen molar-refractivity contribution in [2.75, 3.05) is 5.75 Å². The van der Waals surface area contributed by atoms with Crippen molar-refractivity contribution in [3.63, 3.8) is 0 Å². The Bertz CT molecular complexity index is 1190. The summed E-state index contributed by atoms with van der Waals surface area (Å²) in [5.41, 5.74) is 5.74. The van der Waals surface area contributed by atoms with Gasteiger partial charge in [0.05, 0.1) is 18.2 Å². The fraction of sp³-hybridized carbons (Fsp3) is 0.476. The third kappa shape index (κ3) is 6.77. The molecule has 38 heavy (non-hydrogen) atoms. The van der Waals surface area contributed by atoms with E-state index in [4.69, 9.17) is 19.9 Å². The first-order chi connectivity index (χ1) is 17.9. The van der Waals surface area contributed by atoms with Crippen molar-refractivity contribution in [2.45, 2.75) is 57.9 Å². The number of amides is 2. The van der Waals surface area contributed by atoms with E-state index >= 15 is 0 Å². The zero-order valence-corrected chi connectivity index (χ0v) is 22.3. The van der Waals surface area contributed by atoms with E-state index in [0.29, 0.717) is 6.29 Å². The highest BCUT2D eigenvalue weighted by molar-refractivity contribution is 8.05. The van der Waals surface area contributed by atoms with Crippen molar-refractivity contribution in [2.24, 2.45) is 15.3 Å². The number of carbonyl (C=O) groups excluding carboxylic acids is 6. The Morgan fingerprint density at radius 1 is 1.29 bits per heavy atom. The second-order valence-electron chi connectivity index (χ2n) is 8.16. The second kappa shape index (κ2) is 12.2. The van der Waals surface area contributed by atoms with Crippen molar-refractivity contribution < 1.29 is 47.8 Å². The maximum absolute atomic E-state index is 12.9. The molecule has 0 saturated carbocycles. The summed E-state index contributed by atoms with van der Waals surface area (Å²) in [6, 6.07) is -0.981. The molecule has 15 nitrogen and oxygen atoms in total. The van der Waals surface area contributed by atoms with Gasteiger partial charge < -0.3 is 30.1 Å². The minimum absolute atomic E-state index is 0.0100. The van der Waals surface area contributed by atoms with Gasteiger partial charge in [0.15, 0.2) is 5.17 Å². The third-order valence-corrected chi connectivity index (χ3v) is 7.37. The predicted molar refractivity (Wildman–Crippen MR) is 132 cm³/mol. The van der Waals surface area contributed by atoms with Gasteiger partial charge in [-0.15, -0.1) is 11.8 Å². The van der Waals surface area contributed by atoms with Crippen molar-refractivity contribution in [1.82, 2.24) is 10.2 Å². The standard InChI is InChI=1S/C21H25N5O10S2/c1-9(2)33-21(32)35-11(4)34-19(31)16-12(6-27)7-37-18-15(17(30)26(16)18)24-14(29)5-13-8-38(20(22)23-13)25-36-10(3)28/h6,8-9,11,15,18H,5,7H2,1-4H3,(H2,22,23)(H,24,29)/t11?,15?,18-,38?/m0/s1. The molecule has 0 aromatic carbocycles. The van der Waals surface area contributed by atoms with Gasteiger partial charge in [-0.1, -0.05) is 0 Å². The Morgan fingerprint density at radius 2 is 2.00 bits per heavy atom. The molecule has 3 aliphatic rings. The number of ether oxygens (including phenoxy) is 3. The number of aliphatic imine (C=N–C) groups is 1. The lowest BCUT2D eigenvalue weighted by molar-refractivity contribution is -0.169. The van der Waals surface area contributed by atoms with Gasteiger partial charge in [0, 0.05) is 41.3 Å². The number of hydrogen-bond acceptors (Lipinski definition) is 14. The van der Waals surface area contributed by atoms with E-state index in [1.165, 1.54) is 31.0 Å². The summed E-state index contributed by atoms with van der Waals surface area (Å²) in [5, 5.41) is 3.44. The lowest BCUT2D eigenvalue weighted by atomic mass is 10.0. The predicted octanol–water partition coefficient (Wildman–Crippen LogP) is 0.130. The van der Waals surface area contributed by atoms with Gasteiger partial charge in [0.1, 0.15) is 23.4 Å². The molecule has 1 saturated heterocycles. The SMILES string of the molecule is CC(=O)O/N=S1/C=C(CC(=O)NC2C(=O)N3C(C(=O)OC(C)OC(=O)OC(C)C)=C(C=O)CS[C@@H]23)N=C1N. The molecular formula is C21H25N5O10S2. The summed E-state index contributed by atoms with van der Waals surface area (Å²) in [6.45, 7) is 5.66. The largest absolute Gasteiger partial charge is 0.511 e. The van der Waals surface area contributed by atoms with Crippen molar-refractivity contribution in [3.05, 3.63) is 22.4 Å². The monoisotopic (exact) mass is 571 g/mol. The molecule has 3 aliphatic heterocycles. The molecule has 0 radical (unpaired) electrons. The normalized spacial score (nSPS) is 23.0. The summed E-state index contributed by atoms with van der Waals surface area (Å²) >= 11 is 1.17. The minimum atomic E-state index is -1.36. The van der Waals surface area contributed by atoms with E-state index < -0.39 is 64.4 Å². The number of nitrogens with two attached hydrogens (primary N) is 1. The number of β-lactam (4-membered cyclic amide) rings is 1. The zero-order valence-electron chi connectivity index (χ0n) is 20.7. The molecule has 3 unspecified atom stereocenters. The average Bonchev–Trinajstić information content (AvgIpc) is 3.17. The quantitative estimate of drug-likeness (QED) is 0.125. The summed E-state index contributed by atoms with van der Waals surface area (Å²) in [4.78, 5) is 82.1. The van der Waals surface area contributed by atoms with E-state index in [-0.39, 0.29) is 34.3 Å². The van der Waals surface area contributed by atoms with Gasteiger partial charge in [-0.2, -0.15) is 0 Å². The van der Waals surface area contributed by atoms with Crippen LogP contribution in [0.15, 0.2) is 31.9 Å². The molecule has 206 valence electrons. The number of amidine groups is 1. The van der Waals surface area contributed by atoms with E-state index in [2.05, 4.69) is 19.7 Å². The maximum atomic E-state index is 12.9. The summed E-state index contributed by atoms with van der Waals surface area (Å²) in [5.74, 6) is -2.79. The van der Waals surface area contributed by atoms with Crippen molar-refractivity contribution in [1.29, 1.82) is 0 Å². The summed E-state index contributed by atoms with van der Waals surface area (Å²) < 4.78 is 18.4. The van der Waals surface area contributed by atoms with Gasteiger partial charge in [-0.25, -0.2) is 19.4 Å². The van der Waals surface area contributed by atoms with Gasteiger partial charge in [0.2, 0.25) is 12.2 Å². The zero-order chi connectivity index (χ0) is 28.1. The molecule has 4 atom stereocenters. The molecule has 0 bridgehead atoms. The van der Waals surface area contributed by atoms with Crippen molar-refractivity contribution >= 4 is 63.8 Å². The van der Waals surface area contributed by atoms with Crippen LogP contribution < -0.4 is 11.1 Å². The van der Waals surface area contributed by atoms with Crippen LogP contribution in [-0.2, 0) is 53.7 Å². The minimum Gasteiger partial charge on any atom is -0.431 e. The van der Waals surface area contributed by atoms with Gasteiger partial charge >= 0.3 is 18.1 Å². The van der Waals surface area contributed by atoms with Crippen LogP contribution in [0.1, 0.15) is 34.1 Å². The summed E-state index contributed by atoms with van der Waals surface area (Å²) in [7, 11) is -1.12. The number of fused-ring (bicyclic) bond motifs is 1.